The van der Waals surface area contributed by atoms with Crippen molar-refractivity contribution in [3.05, 3.63) is 53.3 Å². The van der Waals surface area contributed by atoms with E-state index in [-0.39, 0.29) is 5.57 Å². The fourth-order valence-electron chi connectivity index (χ4n) is 2.50. The molecule has 1 aromatic carbocycles. The van der Waals surface area contributed by atoms with Crippen LogP contribution in [0.25, 0.3) is 6.08 Å². The number of aryl methyl sites for hydroxylation is 1. The Morgan fingerprint density at radius 2 is 1.92 bits per heavy atom. The Hall–Kier alpha value is -3.04. The molecule has 0 aliphatic carbocycles. The van der Waals surface area contributed by atoms with Crippen LogP contribution in [-0.2, 0) is 9.53 Å². The van der Waals surface area contributed by atoms with Gasteiger partial charge in [-0.2, -0.15) is 5.26 Å². The summed E-state index contributed by atoms with van der Waals surface area (Å²) >= 11 is 0. The summed E-state index contributed by atoms with van der Waals surface area (Å²) in [6.07, 6.45) is 1.45. The van der Waals surface area contributed by atoms with Gasteiger partial charge in [0.15, 0.2) is 5.88 Å². The first-order chi connectivity index (χ1) is 12.2. The highest BCUT2D eigenvalue weighted by atomic mass is 16.5. The standard InChI is InChI=1S/C19H19N3O3/c1-14-2-4-16(5-3-14)21-19(23)15(13-20)12-17-6-7-18(25-17)22-8-10-24-11-9-22/h2-7,12H,8-11H2,1H3,(H,21,23). The van der Waals surface area contributed by atoms with Gasteiger partial charge in [-0.05, 0) is 25.1 Å². The molecule has 1 N–H and O–H groups in total. The molecule has 1 aliphatic heterocycles. The molecule has 1 fully saturated rings. The molecule has 1 aromatic heterocycles. The summed E-state index contributed by atoms with van der Waals surface area (Å²) in [7, 11) is 0. The number of hydrogen-bond acceptors (Lipinski definition) is 5. The van der Waals surface area contributed by atoms with Gasteiger partial charge in [0, 0.05) is 30.9 Å². The number of nitrogens with one attached hydrogen (secondary N) is 1. The maximum absolute atomic E-state index is 12.3. The Balaban J connectivity index is 1.71. The minimum absolute atomic E-state index is 0.0107. The lowest BCUT2D eigenvalue weighted by atomic mass is 10.2. The third kappa shape index (κ3) is 4.28. The zero-order valence-corrected chi connectivity index (χ0v) is 14.0. The monoisotopic (exact) mass is 337 g/mol. The van der Waals surface area contributed by atoms with Gasteiger partial charge in [-0.25, -0.2) is 0 Å². The minimum Gasteiger partial charge on any atom is -0.441 e. The zero-order chi connectivity index (χ0) is 17.6. The Kier molecular flexibility index (Phi) is 5.17. The van der Waals surface area contributed by atoms with Crippen molar-refractivity contribution in [1.82, 2.24) is 0 Å². The lowest BCUT2D eigenvalue weighted by Gasteiger charge is -2.26. The molecule has 0 radical (unpaired) electrons. The molecule has 6 nitrogen and oxygen atoms in total. The lowest BCUT2D eigenvalue weighted by Crippen LogP contribution is -2.35. The predicted molar refractivity (Wildman–Crippen MR) is 95.1 cm³/mol. The van der Waals surface area contributed by atoms with E-state index in [4.69, 9.17) is 9.15 Å². The average molecular weight is 337 g/mol. The number of hydrogen-bond donors (Lipinski definition) is 1. The van der Waals surface area contributed by atoms with Crippen LogP contribution < -0.4 is 10.2 Å². The summed E-state index contributed by atoms with van der Waals surface area (Å²) < 4.78 is 11.0. The molecular weight excluding hydrogens is 318 g/mol. The number of carbonyl (C=O) groups excluding carboxylic acids is 1. The number of morpholine rings is 1. The third-order valence-corrected chi connectivity index (χ3v) is 3.90. The first-order valence-corrected chi connectivity index (χ1v) is 8.08. The first kappa shape index (κ1) is 16.8. The van der Waals surface area contributed by atoms with Crippen molar-refractivity contribution in [2.24, 2.45) is 0 Å². The van der Waals surface area contributed by atoms with Crippen LogP contribution in [0.4, 0.5) is 11.6 Å². The second-order valence-electron chi connectivity index (χ2n) is 5.77. The van der Waals surface area contributed by atoms with E-state index in [0.717, 1.165) is 18.7 Å². The van der Waals surface area contributed by atoms with Crippen molar-refractivity contribution in [2.75, 3.05) is 36.5 Å². The molecule has 0 spiro atoms. The van der Waals surface area contributed by atoms with Crippen molar-refractivity contribution < 1.29 is 13.9 Å². The van der Waals surface area contributed by atoms with Gasteiger partial charge in [-0.1, -0.05) is 17.7 Å². The highest BCUT2D eigenvalue weighted by Crippen LogP contribution is 2.21. The number of nitrogens with zero attached hydrogens (tertiary/aromatic N) is 2. The fraction of sp³-hybridized carbons (Fsp3) is 0.263. The number of anilines is 2. The molecule has 2 heterocycles. The number of rotatable bonds is 4. The van der Waals surface area contributed by atoms with E-state index in [1.165, 1.54) is 6.08 Å². The maximum atomic E-state index is 12.3. The normalized spacial score (nSPS) is 14.9. The van der Waals surface area contributed by atoms with E-state index in [9.17, 15) is 10.1 Å². The lowest BCUT2D eigenvalue weighted by molar-refractivity contribution is -0.112. The van der Waals surface area contributed by atoms with Crippen LogP contribution >= 0.6 is 0 Å². The summed E-state index contributed by atoms with van der Waals surface area (Å²) in [5, 5.41) is 12.0. The van der Waals surface area contributed by atoms with Crippen molar-refractivity contribution in [3.63, 3.8) is 0 Å². The summed E-state index contributed by atoms with van der Waals surface area (Å²) in [5.74, 6) is 0.721. The Bertz CT molecular complexity index is 809. The Morgan fingerprint density at radius 1 is 1.20 bits per heavy atom. The molecule has 2 aromatic rings. The summed E-state index contributed by atoms with van der Waals surface area (Å²) in [6, 6.07) is 12.9. The van der Waals surface area contributed by atoms with E-state index in [2.05, 4.69) is 10.2 Å². The average Bonchev–Trinajstić information content (AvgIpc) is 3.11. The van der Waals surface area contributed by atoms with Crippen molar-refractivity contribution in [1.29, 1.82) is 5.26 Å². The number of amides is 1. The van der Waals surface area contributed by atoms with E-state index in [1.54, 1.807) is 18.2 Å². The smallest absolute Gasteiger partial charge is 0.266 e. The van der Waals surface area contributed by atoms with Gasteiger partial charge in [0.05, 0.1) is 13.2 Å². The number of nitriles is 1. The van der Waals surface area contributed by atoms with Crippen LogP contribution in [0.2, 0.25) is 0 Å². The SMILES string of the molecule is Cc1ccc(NC(=O)C(C#N)=Cc2ccc(N3CCOCC3)o2)cc1. The highest BCUT2D eigenvalue weighted by Gasteiger charge is 2.15. The van der Waals surface area contributed by atoms with Crippen molar-refractivity contribution >= 4 is 23.6 Å². The molecule has 1 aliphatic rings. The minimum atomic E-state index is -0.462. The highest BCUT2D eigenvalue weighted by molar-refractivity contribution is 6.09. The number of furan rings is 1. The van der Waals surface area contributed by atoms with E-state index < -0.39 is 5.91 Å². The van der Waals surface area contributed by atoms with E-state index >= 15 is 0 Å². The van der Waals surface area contributed by atoms with Crippen LogP contribution in [-0.4, -0.2) is 32.2 Å². The zero-order valence-electron chi connectivity index (χ0n) is 14.0. The van der Waals surface area contributed by atoms with Crippen LogP contribution in [0.3, 0.4) is 0 Å². The second kappa shape index (κ2) is 7.69. The van der Waals surface area contributed by atoms with Gasteiger partial charge in [0.25, 0.3) is 5.91 Å². The number of benzene rings is 1. The fourth-order valence-corrected chi connectivity index (χ4v) is 2.50. The maximum Gasteiger partial charge on any atom is 0.266 e. The van der Waals surface area contributed by atoms with Crippen LogP contribution in [0.5, 0.6) is 0 Å². The van der Waals surface area contributed by atoms with E-state index in [0.29, 0.717) is 30.5 Å². The quantitative estimate of drug-likeness (QED) is 0.685. The van der Waals surface area contributed by atoms with Crippen LogP contribution in [0, 0.1) is 18.3 Å². The molecule has 1 amide bonds. The topological polar surface area (TPSA) is 78.5 Å². The summed E-state index contributed by atoms with van der Waals surface area (Å²) in [4.78, 5) is 14.3. The Morgan fingerprint density at radius 3 is 2.60 bits per heavy atom. The molecule has 0 saturated carbocycles. The molecule has 0 atom stereocenters. The van der Waals surface area contributed by atoms with E-state index in [1.807, 2.05) is 31.2 Å². The molecule has 25 heavy (non-hydrogen) atoms. The summed E-state index contributed by atoms with van der Waals surface area (Å²) in [6.45, 7) is 4.81. The van der Waals surface area contributed by atoms with Gasteiger partial charge in [-0.15, -0.1) is 0 Å². The van der Waals surface area contributed by atoms with Gasteiger partial charge in [0.1, 0.15) is 17.4 Å². The number of ether oxygens (including phenoxy) is 1. The predicted octanol–water partition coefficient (Wildman–Crippen LogP) is 2.97. The first-order valence-electron chi connectivity index (χ1n) is 8.08. The van der Waals surface area contributed by atoms with Crippen molar-refractivity contribution in [3.8, 4) is 6.07 Å². The molecule has 1 saturated heterocycles. The molecule has 3 rings (SSSR count). The van der Waals surface area contributed by atoms with Gasteiger partial charge in [-0.3, -0.25) is 4.79 Å². The molecule has 0 unspecified atom stereocenters. The Labute approximate surface area is 146 Å². The molecular formula is C19H19N3O3. The molecule has 128 valence electrons. The third-order valence-electron chi connectivity index (χ3n) is 3.90. The number of carbonyl (C=O) groups is 1. The van der Waals surface area contributed by atoms with Gasteiger partial charge in [0.2, 0.25) is 0 Å². The molecule has 0 bridgehead atoms. The van der Waals surface area contributed by atoms with Crippen LogP contribution in [0.1, 0.15) is 11.3 Å². The van der Waals surface area contributed by atoms with Gasteiger partial charge >= 0.3 is 0 Å². The summed E-state index contributed by atoms with van der Waals surface area (Å²) in [5.41, 5.74) is 1.73. The van der Waals surface area contributed by atoms with Crippen LogP contribution in [0.15, 0.2) is 46.4 Å². The van der Waals surface area contributed by atoms with Crippen molar-refractivity contribution in [2.45, 2.75) is 6.92 Å². The largest absolute Gasteiger partial charge is 0.441 e. The second-order valence-corrected chi connectivity index (χ2v) is 5.77. The molecule has 6 heteroatoms. The van der Waals surface area contributed by atoms with Gasteiger partial charge < -0.3 is 19.4 Å².